The summed E-state index contributed by atoms with van der Waals surface area (Å²) >= 11 is 1.22. The molecule has 0 aliphatic carbocycles. The molecule has 0 bridgehead atoms. The molecule has 2 heterocycles. The second kappa shape index (κ2) is 9.35. The number of aryl methyl sites for hydroxylation is 1. The lowest BCUT2D eigenvalue weighted by atomic mass is 10.1. The highest BCUT2D eigenvalue weighted by molar-refractivity contribution is 7.99. The first kappa shape index (κ1) is 22.4. The standard InChI is InChI=1S/C25H23N5O2S/c1-16(2)30-24(32)23-22(20(14-29(23)3)18-9-5-4-6-10-18)28-25(30)33-15-21(31)27-19-11-7-8-17(12-19)13-26/h4-12,14,16H,15H2,1-3H3,(H,27,31). The van der Waals surface area contributed by atoms with Crippen LogP contribution in [-0.4, -0.2) is 25.8 Å². The summed E-state index contributed by atoms with van der Waals surface area (Å²) in [5, 5.41) is 12.3. The molecule has 0 fully saturated rings. The summed E-state index contributed by atoms with van der Waals surface area (Å²) < 4.78 is 3.45. The molecule has 0 unspecified atom stereocenters. The van der Waals surface area contributed by atoms with Crippen LogP contribution in [0.1, 0.15) is 25.5 Å². The smallest absolute Gasteiger partial charge is 0.278 e. The van der Waals surface area contributed by atoms with Crippen molar-refractivity contribution in [1.29, 1.82) is 5.26 Å². The lowest BCUT2D eigenvalue weighted by Gasteiger charge is -2.16. The topological polar surface area (TPSA) is 92.7 Å². The molecule has 33 heavy (non-hydrogen) atoms. The highest BCUT2D eigenvalue weighted by atomic mass is 32.2. The first-order valence-electron chi connectivity index (χ1n) is 10.5. The second-order valence-electron chi connectivity index (χ2n) is 7.91. The Hall–Kier alpha value is -3.83. The Balaban J connectivity index is 1.69. The summed E-state index contributed by atoms with van der Waals surface area (Å²) in [6, 6.07) is 18.5. The van der Waals surface area contributed by atoms with Gasteiger partial charge in [0.25, 0.3) is 5.56 Å². The number of nitriles is 1. The Kier molecular flexibility index (Phi) is 6.33. The maximum atomic E-state index is 13.4. The van der Waals surface area contributed by atoms with E-state index in [1.165, 1.54) is 11.8 Å². The van der Waals surface area contributed by atoms with Crippen molar-refractivity contribution in [3.63, 3.8) is 0 Å². The molecule has 0 radical (unpaired) electrons. The van der Waals surface area contributed by atoms with Crippen molar-refractivity contribution in [3.05, 3.63) is 76.7 Å². The fourth-order valence-corrected chi connectivity index (χ4v) is 4.63. The third-order valence-electron chi connectivity index (χ3n) is 5.20. The fourth-order valence-electron chi connectivity index (χ4n) is 3.71. The van der Waals surface area contributed by atoms with Gasteiger partial charge >= 0.3 is 0 Å². The van der Waals surface area contributed by atoms with E-state index in [4.69, 9.17) is 10.2 Å². The third kappa shape index (κ3) is 4.54. The van der Waals surface area contributed by atoms with Crippen LogP contribution in [0.25, 0.3) is 22.2 Å². The molecular weight excluding hydrogens is 434 g/mol. The molecule has 0 spiro atoms. The number of benzene rings is 2. The summed E-state index contributed by atoms with van der Waals surface area (Å²) in [6.07, 6.45) is 1.92. The number of aromatic nitrogens is 3. The molecule has 0 saturated carbocycles. The highest BCUT2D eigenvalue weighted by Crippen LogP contribution is 2.30. The Morgan fingerprint density at radius 1 is 1.18 bits per heavy atom. The summed E-state index contributed by atoms with van der Waals surface area (Å²) in [7, 11) is 1.85. The molecule has 0 saturated heterocycles. The van der Waals surface area contributed by atoms with Gasteiger partial charge in [-0.15, -0.1) is 0 Å². The summed E-state index contributed by atoms with van der Waals surface area (Å²) in [5.74, 6) is -0.161. The fraction of sp³-hybridized carbons (Fsp3) is 0.200. The number of nitrogens with zero attached hydrogens (tertiary/aromatic N) is 4. The quantitative estimate of drug-likeness (QED) is 0.338. The summed E-state index contributed by atoms with van der Waals surface area (Å²) in [4.78, 5) is 30.8. The van der Waals surface area contributed by atoms with Crippen LogP contribution in [0.4, 0.5) is 5.69 Å². The van der Waals surface area contributed by atoms with Crippen molar-refractivity contribution in [2.75, 3.05) is 11.1 Å². The van der Waals surface area contributed by atoms with E-state index >= 15 is 0 Å². The van der Waals surface area contributed by atoms with Crippen molar-refractivity contribution in [1.82, 2.24) is 14.1 Å². The minimum absolute atomic E-state index is 0.0783. The van der Waals surface area contributed by atoms with Crippen LogP contribution < -0.4 is 10.9 Å². The van der Waals surface area contributed by atoms with E-state index in [9.17, 15) is 9.59 Å². The van der Waals surface area contributed by atoms with Crippen molar-refractivity contribution < 1.29 is 4.79 Å². The van der Waals surface area contributed by atoms with E-state index in [0.717, 1.165) is 11.1 Å². The first-order valence-corrected chi connectivity index (χ1v) is 11.5. The van der Waals surface area contributed by atoms with Crippen molar-refractivity contribution in [2.24, 2.45) is 7.05 Å². The Bertz CT molecular complexity index is 1430. The molecule has 0 aliphatic rings. The van der Waals surface area contributed by atoms with Gasteiger partial charge in [0.2, 0.25) is 5.91 Å². The number of carbonyl (C=O) groups excluding carboxylic acids is 1. The van der Waals surface area contributed by atoms with Crippen LogP contribution in [0.2, 0.25) is 0 Å². The van der Waals surface area contributed by atoms with Crippen LogP contribution in [0.15, 0.2) is 70.7 Å². The van der Waals surface area contributed by atoms with Crippen LogP contribution in [0.3, 0.4) is 0 Å². The van der Waals surface area contributed by atoms with Gasteiger partial charge in [-0.25, -0.2) is 4.98 Å². The molecule has 1 amide bonds. The minimum Gasteiger partial charge on any atom is -0.344 e. The van der Waals surface area contributed by atoms with Gasteiger partial charge in [0.15, 0.2) is 5.16 Å². The monoisotopic (exact) mass is 457 g/mol. The molecule has 0 aliphatic heterocycles. The zero-order chi connectivity index (χ0) is 23.5. The number of thioether (sulfide) groups is 1. The first-order chi connectivity index (χ1) is 15.9. The number of amides is 1. The Morgan fingerprint density at radius 2 is 1.94 bits per heavy atom. The van der Waals surface area contributed by atoms with Gasteiger partial charge in [0.1, 0.15) is 11.0 Å². The van der Waals surface area contributed by atoms with Crippen molar-refractivity contribution >= 4 is 34.4 Å². The third-order valence-corrected chi connectivity index (χ3v) is 6.15. The number of hydrogen-bond donors (Lipinski definition) is 1. The van der Waals surface area contributed by atoms with Gasteiger partial charge in [-0.05, 0) is 37.6 Å². The van der Waals surface area contributed by atoms with Crippen LogP contribution in [-0.2, 0) is 11.8 Å². The molecule has 4 rings (SSSR count). The van der Waals surface area contributed by atoms with Crippen LogP contribution >= 0.6 is 11.8 Å². The predicted octanol–water partition coefficient (Wildman–Crippen LogP) is 4.59. The van der Waals surface area contributed by atoms with Crippen LogP contribution in [0, 0.1) is 11.3 Å². The van der Waals surface area contributed by atoms with Gasteiger partial charge in [-0.3, -0.25) is 14.2 Å². The maximum absolute atomic E-state index is 13.4. The maximum Gasteiger partial charge on any atom is 0.278 e. The van der Waals surface area contributed by atoms with Gasteiger partial charge in [0, 0.05) is 30.5 Å². The molecule has 2 aromatic heterocycles. The summed E-state index contributed by atoms with van der Waals surface area (Å²) in [5.41, 5.74) is 3.89. The zero-order valence-electron chi connectivity index (χ0n) is 18.6. The van der Waals surface area contributed by atoms with Crippen molar-refractivity contribution in [3.8, 4) is 17.2 Å². The minimum atomic E-state index is -0.240. The molecule has 2 aromatic carbocycles. The molecule has 1 N–H and O–H groups in total. The Morgan fingerprint density at radius 3 is 2.64 bits per heavy atom. The summed E-state index contributed by atoms with van der Waals surface area (Å²) in [6.45, 7) is 3.85. The molecule has 7 nitrogen and oxygen atoms in total. The van der Waals surface area contributed by atoms with E-state index in [1.807, 2.05) is 62.0 Å². The van der Waals surface area contributed by atoms with E-state index in [-0.39, 0.29) is 23.3 Å². The van der Waals surface area contributed by atoms with E-state index in [0.29, 0.717) is 27.4 Å². The zero-order valence-corrected chi connectivity index (χ0v) is 19.4. The lowest BCUT2D eigenvalue weighted by Crippen LogP contribution is -2.26. The average Bonchev–Trinajstić information content (AvgIpc) is 3.14. The van der Waals surface area contributed by atoms with Crippen molar-refractivity contribution in [2.45, 2.75) is 25.0 Å². The predicted molar refractivity (Wildman–Crippen MR) is 131 cm³/mol. The SMILES string of the molecule is CC(C)n1c(SCC(=O)Nc2cccc(C#N)c2)nc2c(-c3ccccc3)cn(C)c2c1=O. The normalized spacial score (nSPS) is 11.0. The number of rotatable bonds is 6. The molecule has 166 valence electrons. The molecule has 8 heteroatoms. The number of carbonyl (C=O) groups is 1. The van der Waals surface area contributed by atoms with Gasteiger partial charge in [-0.1, -0.05) is 48.2 Å². The number of fused-ring (bicyclic) bond motifs is 1. The van der Waals surface area contributed by atoms with E-state index < -0.39 is 0 Å². The van der Waals surface area contributed by atoms with E-state index in [2.05, 4.69) is 11.4 Å². The largest absolute Gasteiger partial charge is 0.344 e. The number of hydrogen-bond acceptors (Lipinski definition) is 5. The molecule has 4 aromatic rings. The second-order valence-corrected chi connectivity index (χ2v) is 8.85. The Labute approximate surface area is 195 Å². The van der Waals surface area contributed by atoms with Crippen LogP contribution in [0.5, 0.6) is 0 Å². The highest BCUT2D eigenvalue weighted by Gasteiger charge is 2.20. The van der Waals surface area contributed by atoms with Gasteiger partial charge < -0.3 is 9.88 Å². The molecular formula is C25H23N5O2S. The van der Waals surface area contributed by atoms with E-state index in [1.54, 1.807) is 28.8 Å². The van der Waals surface area contributed by atoms with Gasteiger partial charge in [0.05, 0.1) is 17.4 Å². The number of nitrogens with one attached hydrogen (secondary N) is 1. The number of anilines is 1. The average molecular weight is 458 g/mol. The lowest BCUT2D eigenvalue weighted by molar-refractivity contribution is -0.113. The van der Waals surface area contributed by atoms with Gasteiger partial charge in [-0.2, -0.15) is 5.26 Å². The molecule has 0 atom stereocenters.